The first-order valence-electron chi connectivity index (χ1n) is 9.98. The van der Waals surface area contributed by atoms with Crippen molar-refractivity contribution in [1.29, 1.82) is 0 Å². The average molecular weight is 502 g/mol. The molecule has 180 valence electrons. The highest BCUT2D eigenvalue weighted by atomic mass is 32.2. The van der Waals surface area contributed by atoms with Gasteiger partial charge in [0.1, 0.15) is 5.75 Å². The Balaban J connectivity index is 1.47. The monoisotopic (exact) mass is 502 g/mol. The van der Waals surface area contributed by atoms with Crippen LogP contribution in [0.2, 0.25) is 0 Å². The predicted octanol–water partition coefficient (Wildman–Crippen LogP) is 3.14. The van der Waals surface area contributed by atoms with E-state index in [1.54, 1.807) is 0 Å². The van der Waals surface area contributed by atoms with Crippen LogP contribution in [0.15, 0.2) is 65.6 Å². The van der Waals surface area contributed by atoms with Gasteiger partial charge in [0.05, 0.1) is 21.8 Å². The van der Waals surface area contributed by atoms with E-state index in [1.807, 2.05) is 0 Å². The highest BCUT2D eigenvalue weighted by Crippen LogP contribution is 2.29. The third-order valence-electron chi connectivity index (χ3n) is 4.86. The van der Waals surface area contributed by atoms with Gasteiger partial charge in [-0.2, -0.15) is 0 Å². The molecule has 9 nitrogen and oxygen atoms in total. The normalized spacial score (nSPS) is 12.7. The molecule has 0 saturated carbocycles. The Morgan fingerprint density at radius 2 is 1.80 bits per heavy atom. The minimum absolute atomic E-state index is 0.142. The zero-order chi connectivity index (χ0) is 25.2. The summed E-state index contributed by atoms with van der Waals surface area (Å²) in [5.41, 5.74) is 0.0472. The second-order valence-corrected chi connectivity index (χ2v) is 8.96. The number of hydrogen-bond acceptors (Lipinski definition) is 7. The minimum Gasteiger partial charge on any atom is -0.482 e. The smallest absolute Gasteiger partial charge is 0.340 e. The summed E-state index contributed by atoms with van der Waals surface area (Å²) in [4.78, 5) is 36.0. The number of carbonyl (C=O) groups is 3. The molecule has 0 unspecified atom stereocenters. The lowest BCUT2D eigenvalue weighted by Crippen LogP contribution is -2.25. The number of ketones is 1. The topological polar surface area (TPSA) is 128 Å². The molecule has 12 heteroatoms. The third-order valence-corrected chi connectivity index (χ3v) is 6.22. The van der Waals surface area contributed by atoms with Gasteiger partial charge in [-0.3, -0.25) is 14.3 Å². The van der Waals surface area contributed by atoms with Crippen molar-refractivity contribution in [1.82, 2.24) is 0 Å². The lowest BCUT2D eigenvalue weighted by atomic mass is 10.1. The van der Waals surface area contributed by atoms with Crippen molar-refractivity contribution in [2.45, 2.75) is 4.90 Å². The summed E-state index contributed by atoms with van der Waals surface area (Å²) in [5.74, 6) is -4.15. The number of carbonyl (C=O) groups excluding carboxylic acids is 3. The third kappa shape index (κ3) is 5.27. The van der Waals surface area contributed by atoms with Crippen LogP contribution in [0.5, 0.6) is 5.75 Å². The van der Waals surface area contributed by atoms with Crippen LogP contribution in [-0.4, -0.2) is 39.3 Å². The van der Waals surface area contributed by atoms with Gasteiger partial charge in [-0.05, 0) is 48.5 Å². The van der Waals surface area contributed by atoms with Gasteiger partial charge >= 0.3 is 5.97 Å². The van der Waals surface area contributed by atoms with Crippen LogP contribution in [-0.2, 0) is 19.6 Å². The Morgan fingerprint density at radius 3 is 2.57 bits per heavy atom. The Labute approximate surface area is 197 Å². The van der Waals surface area contributed by atoms with E-state index in [2.05, 4.69) is 10.0 Å². The fourth-order valence-corrected chi connectivity index (χ4v) is 4.24. The zero-order valence-electron chi connectivity index (χ0n) is 17.7. The number of para-hydroxylation sites is 1. The molecule has 0 aliphatic carbocycles. The molecule has 0 bridgehead atoms. The Kier molecular flexibility index (Phi) is 6.47. The SMILES string of the molecule is O=C1COc2ccc(C(=O)COC(=O)c3ccccc3NS(=O)(=O)c3ccc(F)c(F)c3)cc2N1. The lowest BCUT2D eigenvalue weighted by Gasteiger charge is -2.18. The first-order valence-corrected chi connectivity index (χ1v) is 11.5. The number of anilines is 2. The van der Waals surface area contributed by atoms with Crippen molar-refractivity contribution in [3.05, 3.63) is 83.4 Å². The van der Waals surface area contributed by atoms with E-state index in [-0.39, 0.29) is 29.3 Å². The van der Waals surface area contributed by atoms with Gasteiger partial charge in [0.25, 0.3) is 15.9 Å². The first kappa shape index (κ1) is 23.8. The predicted molar refractivity (Wildman–Crippen MR) is 119 cm³/mol. The highest BCUT2D eigenvalue weighted by Gasteiger charge is 2.22. The fourth-order valence-electron chi connectivity index (χ4n) is 3.15. The van der Waals surface area contributed by atoms with E-state index in [0.29, 0.717) is 23.6 Å². The summed E-state index contributed by atoms with van der Waals surface area (Å²) in [5, 5.41) is 2.56. The molecule has 0 atom stereocenters. The number of sulfonamides is 1. The molecule has 3 aromatic carbocycles. The summed E-state index contributed by atoms with van der Waals surface area (Å²) in [6.07, 6.45) is 0. The summed E-state index contributed by atoms with van der Waals surface area (Å²) in [7, 11) is -4.37. The van der Waals surface area contributed by atoms with E-state index in [1.165, 1.54) is 42.5 Å². The van der Waals surface area contributed by atoms with Gasteiger partial charge in [-0.1, -0.05) is 12.1 Å². The molecule has 0 fully saturated rings. The number of Topliss-reactive ketones (excluding diaryl/α,β-unsaturated/α-hetero) is 1. The summed E-state index contributed by atoms with van der Waals surface area (Å²) < 4.78 is 64.2. The van der Waals surface area contributed by atoms with E-state index in [4.69, 9.17) is 9.47 Å². The van der Waals surface area contributed by atoms with Gasteiger partial charge in [-0.15, -0.1) is 0 Å². The number of hydrogen-bond donors (Lipinski definition) is 2. The van der Waals surface area contributed by atoms with Gasteiger partial charge in [-0.25, -0.2) is 22.0 Å². The van der Waals surface area contributed by atoms with Crippen molar-refractivity contribution in [2.24, 2.45) is 0 Å². The fraction of sp³-hybridized carbons (Fsp3) is 0.0870. The van der Waals surface area contributed by atoms with E-state index >= 15 is 0 Å². The van der Waals surface area contributed by atoms with Crippen molar-refractivity contribution in [3.63, 3.8) is 0 Å². The molecule has 1 aliphatic heterocycles. The van der Waals surface area contributed by atoms with Crippen molar-refractivity contribution in [3.8, 4) is 5.75 Å². The molecule has 0 aromatic heterocycles. The number of esters is 1. The maximum Gasteiger partial charge on any atom is 0.340 e. The molecule has 0 radical (unpaired) electrons. The van der Waals surface area contributed by atoms with E-state index in [0.717, 1.165) is 6.07 Å². The summed E-state index contributed by atoms with van der Waals surface area (Å²) in [6.45, 7) is -0.812. The lowest BCUT2D eigenvalue weighted by molar-refractivity contribution is -0.118. The van der Waals surface area contributed by atoms with Crippen LogP contribution in [0.25, 0.3) is 0 Å². The Bertz CT molecular complexity index is 1460. The number of fused-ring (bicyclic) bond motifs is 1. The number of rotatable bonds is 7. The molecule has 0 saturated heterocycles. The van der Waals surface area contributed by atoms with E-state index < -0.39 is 44.9 Å². The second kappa shape index (κ2) is 9.50. The van der Waals surface area contributed by atoms with Gasteiger partial charge < -0.3 is 14.8 Å². The molecule has 3 aromatic rings. The molecule has 1 heterocycles. The van der Waals surface area contributed by atoms with Crippen LogP contribution >= 0.6 is 0 Å². The number of nitrogens with one attached hydrogen (secondary N) is 2. The summed E-state index contributed by atoms with van der Waals surface area (Å²) in [6, 6.07) is 11.8. The Hall–Kier alpha value is -4.32. The highest BCUT2D eigenvalue weighted by molar-refractivity contribution is 7.92. The van der Waals surface area contributed by atoms with Crippen LogP contribution in [0.3, 0.4) is 0 Å². The molecule has 0 spiro atoms. The summed E-state index contributed by atoms with van der Waals surface area (Å²) >= 11 is 0. The zero-order valence-corrected chi connectivity index (χ0v) is 18.5. The van der Waals surface area contributed by atoms with Crippen molar-refractivity contribution >= 4 is 39.1 Å². The number of benzene rings is 3. The Morgan fingerprint density at radius 1 is 1.03 bits per heavy atom. The van der Waals surface area contributed by atoms with Gasteiger partial charge in [0.15, 0.2) is 30.6 Å². The first-order chi connectivity index (χ1) is 16.6. The molecular formula is C23H16F2N2O7S. The van der Waals surface area contributed by atoms with Crippen molar-refractivity contribution in [2.75, 3.05) is 23.3 Å². The standard InChI is InChI=1S/C23H16F2N2O7S/c24-16-7-6-14(10-17(16)25)35(31,32)27-18-4-2-1-3-15(18)23(30)34-11-20(28)13-5-8-21-19(9-13)26-22(29)12-33-21/h1-10,27H,11-12H2,(H,26,29). The number of amides is 1. The van der Waals surface area contributed by atoms with Gasteiger partial charge in [0, 0.05) is 5.56 Å². The second-order valence-electron chi connectivity index (χ2n) is 7.27. The quantitative estimate of drug-likeness (QED) is 0.375. The molecule has 2 N–H and O–H groups in total. The molecular weight excluding hydrogens is 486 g/mol. The van der Waals surface area contributed by atoms with Crippen LogP contribution in [0.1, 0.15) is 20.7 Å². The van der Waals surface area contributed by atoms with Crippen LogP contribution in [0.4, 0.5) is 20.2 Å². The maximum absolute atomic E-state index is 13.5. The minimum atomic E-state index is -4.37. The van der Waals surface area contributed by atoms with Crippen LogP contribution < -0.4 is 14.8 Å². The largest absolute Gasteiger partial charge is 0.482 e. The van der Waals surface area contributed by atoms with Gasteiger partial charge in [0.2, 0.25) is 0 Å². The number of ether oxygens (including phenoxy) is 2. The molecule has 35 heavy (non-hydrogen) atoms. The van der Waals surface area contributed by atoms with E-state index in [9.17, 15) is 31.6 Å². The molecule has 4 rings (SSSR count). The maximum atomic E-state index is 13.5. The van der Waals surface area contributed by atoms with Crippen molar-refractivity contribution < 1.29 is 41.1 Å². The van der Waals surface area contributed by atoms with Crippen LogP contribution in [0, 0.1) is 11.6 Å². The average Bonchev–Trinajstić information content (AvgIpc) is 2.83. The molecule has 1 aliphatic rings. The molecule has 1 amide bonds. The number of halogens is 2.